The number of nitriles is 1. The molecule has 0 spiro atoms. The third kappa shape index (κ3) is 2.60. The lowest BCUT2D eigenvalue weighted by Crippen LogP contribution is -2.08. The molecule has 0 aliphatic rings. The molecule has 5 heteroatoms. The van der Waals surface area contributed by atoms with Gasteiger partial charge in [-0.2, -0.15) is 5.26 Å². The van der Waals surface area contributed by atoms with Gasteiger partial charge >= 0.3 is 5.97 Å². The molecule has 0 amide bonds. The highest BCUT2D eigenvalue weighted by atomic mass is 79.9. The van der Waals surface area contributed by atoms with Gasteiger partial charge in [0.1, 0.15) is 6.07 Å². The normalized spacial score (nSPS) is 9.62. The van der Waals surface area contributed by atoms with Crippen molar-refractivity contribution in [1.29, 1.82) is 5.26 Å². The number of benzene rings is 1. The predicted molar refractivity (Wildman–Crippen MR) is 62.7 cm³/mol. The smallest absolute Gasteiger partial charge is 0.338 e. The molecule has 84 valence electrons. The monoisotopic (exact) mass is 282 g/mol. The molecule has 0 atom stereocenters. The van der Waals surface area contributed by atoms with Crippen molar-refractivity contribution in [2.24, 2.45) is 5.73 Å². The number of hydrogen-bond donors (Lipinski definition) is 1. The van der Waals surface area contributed by atoms with Crippen LogP contribution in [-0.2, 0) is 11.3 Å². The molecule has 0 unspecified atom stereocenters. The molecule has 2 N–H and O–H groups in total. The number of ether oxygens (including phenoxy) is 1. The Hall–Kier alpha value is -1.38. The molecule has 0 saturated heterocycles. The molecule has 1 aromatic carbocycles. The van der Waals surface area contributed by atoms with Crippen LogP contribution in [0.1, 0.15) is 28.4 Å². The van der Waals surface area contributed by atoms with Crippen LogP contribution in [0.25, 0.3) is 0 Å². The maximum absolute atomic E-state index is 11.5. The number of carbonyl (C=O) groups is 1. The van der Waals surface area contributed by atoms with Gasteiger partial charge in [0.05, 0.1) is 17.7 Å². The van der Waals surface area contributed by atoms with Crippen molar-refractivity contribution in [3.8, 4) is 6.07 Å². The number of nitrogens with two attached hydrogens (primary N) is 1. The zero-order chi connectivity index (χ0) is 12.1. The molecule has 0 bridgehead atoms. The van der Waals surface area contributed by atoms with Crippen molar-refractivity contribution in [2.75, 3.05) is 6.61 Å². The van der Waals surface area contributed by atoms with Crippen molar-refractivity contribution in [3.63, 3.8) is 0 Å². The van der Waals surface area contributed by atoms with Gasteiger partial charge in [0.15, 0.2) is 0 Å². The number of rotatable bonds is 3. The Bertz CT molecular complexity index is 452. The minimum Gasteiger partial charge on any atom is -0.462 e. The van der Waals surface area contributed by atoms with Crippen LogP contribution in [0.2, 0.25) is 0 Å². The minimum absolute atomic E-state index is 0.252. The summed E-state index contributed by atoms with van der Waals surface area (Å²) in [6.07, 6.45) is 0. The van der Waals surface area contributed by atoms with E-state index in [4.69, 9.17) is 15.7 Å². The summed E-state index contributed by atoms with van der Waals surface area (Å²) in [5.74, 6) is -0.443. The molecular formula is C11H11BrN2O2. The molecule has 0 heterocycles. The first-order chi connectivity index (χ1) is 7.63. The van der Waals surface area contributed by atoms with Gasteiger partial charge in [-0.1, -0.05) is 0 Å². The lowest BCUT2D eigenvalue weighted by Gasteiger charge is -2.07. The van der Waals surface area contributed by atoms with Crippen molar-refractivity contribution >= 4 is 21.9 Å². The van der Waals surface area contributed by atoms with E-state index in [0.717, 1.165) is 0 Å². The summed E-state index contributed by atoms with van der Waals surface area (Å²) in [5, 5.41) is 8.90. The summed E-state index contributed by atoms with van der Waals surface area (Å²) in [4.78, 5) is 11.5. The van der Waals surface area contributed by atoms with Crippen molar-refractivity contribution in [2.45, 2.75) is 13.5 Å². The van der Waals surface area contributed by atoms with Gasteiger partial charge in [0, 0.05) is 11.0 Å². The van der Waals surface area contributed by atoms with E-state index in [9.17, 15) is 4.79 Å². The number of esters is 1. The number of carbonyl (C=O) groups excluding carboxylic acids is 1. The molecule has 16 heavy (non-hydrogen) atoms. The van der Waals surface area contributed by atoms with Crippen LogP contribution in [-0.4, -0.2) is 12.6 Å². The second-order valence-electron chi connectivity index (χ2n) is 3.03. The van der Waals surface area contributed by atoms with Crippen LogP contribution in [0.15, 0.2) is 16.6 Å². The third-order valence-electron chi connectivity index (χ3n) is 2.00. The van der Waals surface area contributed by atoms with Gasteiger partial charge in [0.2, 0.25) is 0 Å². The third-order valence-corrected chi connectivity index (χ3v) is 2.94. The summed E-state index contributed by atoms with van der Waals surface area (Å²) in [6.45, 7) is 2.28. The first-order valence-corrected chi connectivity index (χ1v) is 5.53. The zero-order valence-electron chi connectivity index (χ0n) is 8.79. The van der Waals surface area contributed by atoms with Crippen molar-refractivity contribution in [1.82, 2.24) is 0 Å². The molecule has 0 fully saturated rings. The van der Waals surface area contributed by atoms with Crippen LogP contribution in [0.4, 0.5) is 0 Å². The lowest BCUT2D eigenvalue weighted by molar-refractivity contribution is 0.0526. The van der Waals surface area contributed by atoms with Gasteiger partial charge in [-0.25, -0.2) is 4.79 Å². The van der Waals surface area contributed by atoms with E-state index in [2.05, 4.69) is 15.9 Å². The van der Waals surface area contributed by atoms with Crippen LogP contribution >= 0.6 is 15.9 Å². The van der Waals surface area contributed by atoms with Crippen LogP contribution < -0.4 is 5.73 Å². The first kappa shape index (κ1) is 12.7. The van der Waals surface area contributed by atoms with Gasteiger partial charge in [-0.05, 0) is 40.5 Å². The van der Waals surface area contributed by atoms with Crippen LogP contribution in [0.3, 0.4) is 0 Å². The minimum atomic E-state index is -0.443. The van der Waals surface area contributed by atoms with Gasteiger partial charge in [0.25, 0.3) is 0 Å². The SMILES string of the molecule is CCOC(=O)c1cc(C#N)c(Br)c(CN)c1. The molecule has 1 aromatic rings. The summed E-state index contributed by atoms with van der Waals surface area (Å²) < 4.78 is 5.49. The topological polar surface area (TPSA) is 76.1 Å². The highest BCUT2D eigenvalue weighted by molar-refractivity contribution is 9.10. The zero-order valence-corrected chi connectivity index (χ0v) is 10.4. The summed E-state index contributed by atoms with van der Waals surface area (Å²) in [7, 11) is 0. The number of hydrogen-bond acceptors (Lipinski definition) is 4. The number of nitrogens with zero attached hydrogens (tertiary/aromatic N) is 1. The van der Waals surface area contributed by atoms with Gasteiger partial charge < -0.3 is 10.5 Å². The van der Waals surface area contributed by atoms with Crippen LogP contribution in [0, 0.1) is 11.3 Å². The van der Waals surface area contributed by atoms with E-state index in [1.54, 1.807) is 13.0 Å². The average Bonchev–Trinajstić information content (AvgIpc) is 2.29. The fraction of sp³-hybridized carbons (Fsp3) is 0.273. The Kier molecular flexibility index (Phi) is 4.47. The lowest BCUT2D eigenvalue weighted by atomic mass is 10.1. The first-order valence-electron chi connectivity index (χ1n) is 4.73. The summed E-state index contributed by atoms with van der Waals surface area (Å²) in [6, 6.07) is 5.11. The summed E-state index contributed by atoms with van der Waals surface area (Å²) in [5.41, 5.74) is 6.97. The number of halogens is 1. The van der Waals surface area contributed by atoms with Gasteiger partial charge in [-0.3, -0.25) is 0 Å². The predicted octanol–water partition coefficient (Wildman–Crippen LogP) is 1.96. The maximum Gasteiger partial charge on any atom is 0.338 e. The van der Waals surface area contributed by atoms with E-state index in [0.29, 0.717) is 27.8 Å². The van der Waals surface area contributed by atoms with E-state index in [1.165, 1.54) is 6.07 Å². The second kappa shape index (κ2) is 5.64. The Balaban J connectivity index is 3.23. The molecule has 0 aliphatic carbocycles. The molecule has 1 rings (SSSR count). The molecule has 0 saturated carbocycles. The van der Waals surface area contributed by atoms with E-state index in [1.807, 2.05) is 6.07 Å². The van der Waals surface area contributed by atoms with E-state index in [-0.39, 0.29) is 6.54 Å². The summed E-state index contributed by atoms with van der Waals surface area (Å²) >= 11 is 3.27. The Morgan fingerprint density at radius 2 is 2.31 bits per heavy atom. The molecule has 0 aliphatic heterocycles. The molecular weight excluding hydrogens is 272 g/mol. The molecule has 0 aromatic heterocycles. The highest BCUT2D eigenvalue weighted by Gasteiger charge is 2.13. The maximum atomic E-state index is 11.5. The van der Waals surface area contributed by atoms with Crippen molar-refractivity contribution < 1.29 is 9.53 Å². The van der Waals surface area contributed by atoms with E-state index < -0.39 is 5.97 Å². The fourth-order valence-corrected chi connectivity index (χ4v) is 1.73. The fourth-order valence-electron chi connectivity index (χ4n) is 1.25. The highest BCUT2D eigenvalue weighted by Crippen LogP contribution is 2.23. The van der Waals surface area contributed by atoms with E-state index >= 15 is 0 Å². The standard InChI is InChI=1S/C11H11BrN2O2/c1-2-16-11(15)7-3-8(5-13)10(12)9(4-7)6-14/h3-4H,2,5,13H2,1H3. The largest absolute Gasteiger partial charge is 0.462 e. The van der Waals surface area contributed by atoms with Gasteiger partial charge in [-0.15, -0.1) is 0 Å². The average molecular weight is 283 g/mol. The van der Waals surface area contributed by atoms with Crippen LogP contribution in [0.5, 0.6) is 0 Å². The Morgan fingerprint density at radius 3 is 2.81 bits per heavy atom. The Morgan fingerprint density at radius 1 is 1.62 bits per heavy atom. The molecule has 0 radical (unpaired) electrons. The molecule has 4 nitrogen and oxygen atoms in total. The quantitative estimate of drug-likeness (QED) is 0.860. The van der Waals surface area contributed by atoms with Crippen molar-refractivity contribution in [3.05, 3.63) is 33.3 Å². The Labute approximate surface area is 102 Å². The second-order valence-corrected chi connectivity index (χ2v) is 3.83.